The number of nitrogens with one attached hydrogen (secondary N) is 1. The molecule has 6 nitrogen and oxygen atoms in total. The standard InChI is InChI=1S/C23H24N2O4S/c1-3-15(2)21-22(26)20(23(27)25(21)13-16-9-5-4-6-10-16)18-14-30(28,29)19-12-8-7-11-17(19)24-18/h4-12,14-15,20-21,24H,3,13H2,1-2H3/t15-,20?,21-/m0/s1. The summed E-state index contributed by atoms with van der Waals surface area (Å²) in [5.74, 6) is -1.79. The normalized spacial score (nSPS) is 23.5. The van der Waals surface area contributed by atoms with Crippen LogP contribution in [0.3, 0.4) is 0 Å². The second-order valence-electron chi connectivity index (χ2n) is 7.86. The Morgan fingerprint density at radius 2 is 1.70 bits per heavy atom. The van der Waals surface area contributed by atoms with Gasteiger partial charge in [0.2, 0.25) is 15.7 Å². The fourth-order valence-electron chi connectivity index (χ4n) is 4.18. The number of Topliss-reactive ketones (excluding diaryl/α,β-unsaturated/α-hetero) is 1. The van der Waals surface area contributed by atoms with Gasteiger partial charge in [0.15, 0.2) is 5.78 Å². The van der Waals surface area contributed by atoms with Crippen LogP contribution >= 0.6 is 0 Å². The molecule has 0 aliphatic carbocycles. The van der Waals surface area contributed by atoms with E-state index < -0.39 is 21.8 Å². The van der Waals surface area contributed by atoms with Crippen molar-refractivity contribution in [2.75, 3.05) is 5.32 Å². The Labute approximate surface area is 176 Å². The highest BCUT2D eigenvalue weighted by Crippen LogP contribution is 2.38. The van der Waals surface area contributed by atoms with E-state index >= 15 is 0 Å². The van der Waals surface area contributed by atoms with Crippen LogP contribution in [0.4, 0.5) is 5.69 Å². The minimum atomic E-state index is -3.74. The average Bonchev–Trinajstić information content (AvgIpc) is 2.97. The Balaban J connectivity index is 1.73. The molecule has 2 aliphatic rings. The van der Waals surface area contributed by atoms with Crippen molar-refractivity contribution in [1.82, 2.24) is 4.90 Å². The maximum atomic E-state index is 13.4. The highest BCUT2D eigenvalue weighted by molar-refractivity contribution is 7.94. The zero-order chi connectivity index (χ0) is 21.5. The Morgan fingerprint density at radius 3 is 2.40 bits per heavy atom. The SMILES string of the molecule is CC[C@H](C)[C@H]1C(=O)C(C2=CS(=O)(=O)c3ccccc3N2)C(=O)N1Cc1ccccc1. The summed E-state index contributed by atoms with van der Waals surface area (Å²) in [5, 5.41) is 4.07. The maximum absolute atomic E-state index is 13.4. The Morgan fingerprint density at radius 1 is 1.03 bits per heavy atom. The minimum Gasteiger partial charge on any atom is -0.356 e. The van der Waals surface area contributed by atoms with Gasteiger partial charge in [0.05, 0.1) is 22.0 Å². The first-order valence-electron chi connectivity index (χ1n) is 10.0. The van der Waals surface area contributed by atoms with Crippen molar-refractivity contribution >= 4 is 27.2 Å². The van der Waals surface area contributed by atoms with Crippen molar-refractivity contribution in [3.63, 3.8) is 0 Å². The van der Waals surface area contributed by atoms with Gasteiger partial charge in [-0.05, 0) is 23.6 Å². The van der Waals surface area contributed by atoms with E-state index in [0.29, 0.717) is 12.2 Å². The maximum Gasteiger partial charge on any atom is 0.240 e. The molecule has 0 spiro atoms. The summed E-state index contributed by atoms with van der Waals surface area (Å²) in [6.45, 7) is 4.24. The zero-order valence-electron chi connectivity index (χ0n) is 16.9. The van der Waals surface area contributed by atoms with Gasteiger partial charge in [-0.15, -0.1) is 0 Å². The monoisotopic (exact) mass is 424 g/mol. The number of hydrogen-bond acceptors (Lipinski definition) is 5. The second-order valence-corrected chi connectivity index (χ2v) is 9.62. The third kappa shape index (κ3) is 3.43. The molecule has 7 heteroatoms. The number of anilines is 1. The lowest BCUT2D eigenvalue weighted by molar-refractivity contribution is -0.132. The number of likely N-dealkylation sites (tertiary alicyclic amines) is 1. The van der Waals surface area contributed by atoms with E-state index in [2.05, 4.69) is 5.32 Å². The number of sulfone groups is 1. The van der Waals surface area contributed by atoms with Crippen LogP contribution in [-0.2, 0) is 26.0 Å². The molecule has 2 aromatic carbocycles. The van der Waals surface area contributed by atoms with E-state index in [1.54, 1.807) is 23.1 Å². The van der Waals surface area contributed by atoms with Crippen LogP contribution < -0.4 is 5.32 Å². The summed E-state index contributed by atoms with van der Waals surface area (Å²) in [7, 11) is -3.74. The van der Waals surface area contributed by atoms with Crippen molar-refractivity contribution in [2.24, 2.45) is 11.8 Å². The molecule has 1 saturated heterocycles. The summed E-state index contributed by atoms with van der Waals surface area (Å²) in [6.07, 6.45) is 0.731. The van der Waals surface area contributed by atoms with Gasteiger partial charge >= 0.3 is 0 Å². The second kappa shape index (κ2) is 7.72. The molecular formula is C23H24N2O4S. The largest absolute Gasteiger partial charge is 0.356 e. The summed E-state index contributed by atoms with van der Waals surface area (Å²) in [6, 6.07) is 15.4. The third-order valence-electron chi connectivity index (χ3n) is 5.89. The fourth-order valence-corrected chi connectivity index (χ4v) is 5.53. The topological polar surface area (TPSA) is 83.5 Å². The molecule has 3 atom stereocenters. The van der Waals surface area contributed by atoms with Crippen molar-refractivity contribution in [3.05, 3.63) is 71.3 Å². The lowest BCUT2D eigenvalue weighted by Crippen LogP contribution is -2.39. The molecule has 1 N–H and O–H groups in total. The smallest absolute Gasteiger partial charge is 0.240 e. The molecule has 156 valence electrons. The van der Waals surface area contributed by atoms with Crippen LogP contribution in [0.1, 0.15) is 25.8 Å². The molecule has 2 heterocycles. The first-order chi connectivity index (χ1) is 14.3. The lowest BCUT2D eigenvalue weighted by Gasteiger charge is -2.27. The molecule has 30 heavy (non-hydrogen) atoms. The van der Waals surface area contributed by atoms with Gasteiger partial charge in [-0.25, -0.2) is 8.42 Å². The minimum absolute atomic E-state index is 0.0387. The summed E-state index contributed by atoms with van der Waals surface area (Å²) in [4.78, 5) is 28.6. The number of hydrogen-bond donors (Lipinski definition) is 1. The molecular weight excluding hydrogens is 400 g/mol. The number of para-hydroxylation sites is 1. The van der Waals surface area contributed by atoms with Crippen molar-refractivity contribution < 1.29 is 18.0 Å². The zero-order valence-corrected chi connectivity index (χ0v) is 17.7. The number of ketones is 1. The molecule has 1 amide bonds. The quantitative estimate of drug-likeness (QED) is 0.744. The molecule has 1 fully saturated rings. The third-order valence-corrected chi connectivity index (χ3v) is 7.42. The van der Waals surface area contributed by atoms with Gasteiger partial charge < -0.3 is 10.2 Å². The Hall–Kier alpha value is -2.93. The van der Waals surface area contributed by atoms with Crippen LogP contribution in [0, 0.1) is 11.8 Å². The van der Waals surface area contributed by atoms with Gasteiger partial charge in [0, 0.05) is 12.2 Å². The van der Waals surface area contributed by atoms with E-state index in [9.17, 15) is 18.0 Å². The van der Waals surface area contributed by atoms with Crippen LogP contribution in [0.5, 0.6) is 0 Å². The number of carbonyl (C=O) groups excluding carboxylic acids is 2. The number of amides is 1. The molecule has 2 aromatic rings. The molecule has 2 aliphatic heterocycles. The van der Waals surface area contributed by atoms with Crippen molar-refractivity contribution in [3.8, 4) is 0 Å². The first-order valence-corrected chi connectivity index (χ1v) is 11.6. The van der Waals surface area contributed by atoms with Crippen LogP contribution in [0.2, 0.25) is 0 Å². The van der Waals surface area contributed by atoms with Crippen LogP contribution in [-0.4, -0.2) is 31.0 Å². The van der Waals surface area contributed by atoms with Crippen molar-refractivity contribution in [2.45, 2.75) is 37.8 Å². The number of benzene rings is 2. The van der Waals surface area contributed by atoms with Gasteiger partial charge in [0.25, 0.3) is 0 Å². The van der Waals surface area contributed by atoms with E-state index in [0.717, 1.165) is 17.4 Å². The molecule has 0 saturated carbocycles. The summed E-state index contributed by atoms with van der Waals surface area (Å²) in [5.41, 5.74) is 1.45. The predicted octanol–water partition coefficient (Wildman–Crippen LogP) is 3.37. The predicted molar refractivity (Wildman–Crippen MR) is 114 cm³/mol. The molecule has 0 radical (unpaired) electrons. The van der Waals surface area contributed by atoms with E-state index in [-0.39, 0.29) is 28.2 Å². The van der Waals surface area contributed by atoms with Gasteiger partial charge in [-0.1, -0.05) is 62.7 Å². The van der Waals surface area contributed by atoms with E-state index in [1.807, 2.05) is 44.2 Å². The molecule has 4 rings (SSSR count). The van der Waals surface area contributed by atoms with Gasteiger partial charge in [-0.2, -0.15) is 0 Å². The van der Waals surface area contributed by atoms with E-state index in [4.69, 9.17) is 0 Å². The van der Waals surface area contributed by atoms with Crippen molar-refractivity contribution in [1.29, 1.82) is 0 Å². The van der Waals surface area contributed by atoms with E-state index in [1.165, 1.54) is 6.07 Å². The van der Waals surface area contributed by atoms with Gasteiger partial charge in [-0.3, -0.25) is 9.59 Å². The summed E-state index contributed by atoms with van der Waals surface area (Å²) >= 11 is 0. The van der Waals surface area contributed by atoms with Crippen LogP contribution in [0.15, 0.2) is 70.6 Å². The first kappa shape index (κ1) is 20.3. The van der Waals surface area contributed by atoms with Crippen LogP contribution in [0.25, 0.3) is 0 Å². The molecule has 0 bridgehead atoms. The summed E-state index contributed by atoms with van der Waals surface area (Å²) < 4.78 is 25.5. The highest BCUT2D eigenvalue weighted by Gasteiger charge is 2.51. The number of rotatable bonds is 5. The average molecular weight is 425 g/mol. The Bertz CT molecular complexity index is 1120. The molecule has 0 aromatic heterocycles. The number of fused-ring (bicyclic) bond motifs is 1. The van der Waals surface area contributed by atoms with Gasteiger partial charge in [0.1, 0.15) is 5.92 Å². The molecule has 1 unspecified atom stereocenters. The fraction of sp³-hybridized carbons (Fsp3) is 0.304. The number of carbonyl (C=O) groups is 2. The lowest BCUT2D eigenvalue weighted by atomic mass is 9.91. The Kier molecular flexibility index (Phi) is 5.24. The number of nitrogens with zero attached hydrogens (tertiary/aromatic N) is 1. The highest BCUT2D eigenvalue weighted by atomic mass is 32.2.